The number of hydrogen-bond donors (Lipinski definition) is 0. The summed E-state index contributed by atoms with van der Waals surface area (Å²) in [5, 5.41) is 0. The van der Waals surface area contributed by atoms with Gasteiger partial charge in [-0.25, -0.2) is 9.97 Å². The Hall–Kier alpha value is -1.89. The molecule has 126 valence electrons. The van der Waals surface area contributed by atoms with Gasteiger partial charge in [0.25, 0.3) is 5.88 Å². The van der Waals surface area contributed by atoms with Gasteiger partial charge in [0.15, 0.2) is 5.82 Å². The first-order chi connectivity index (χ1) is 11.3. The molecule has 1 amide bonds. The molecule has 3 rings (SSSR count). The SMILES string of the molecule is CCCC(=O)N1CCC(Oc2nccnc2N2CCOCC2)C1. The predicted octanol–water partition coefficient (Wildman–Crippen LogP) is 1.09. The van der Waals surface area contributed by atoms with Crippen LogP contribution in [-0.2, 0) is 9.53 Å². The Morgan fingerprint density at radius 3 is 2.87 bits per heavy atom. The van der Waals surface area contributed by atoms with Gasteiger partial charge in [0.1, 0.15) is 6.10 Å². The van der Waals surface area contributed by atoms with Crippen molar-refractivity contribution in [1.82, 2.24) is 14.9 Å². The van der Waals surface area contributed by atoms with Crippen LogP contribution in [0, 0.1) is 0 Å². The van der Waals surface area contributed by atoms with Gasteiger partial charge >= 0.3 is 0 Å². The average Bonchev–Trinajstić information content (AvgIpc) is 3.05. The number of morpholine rings is 1. The van der Waals surface area contributed by atoms with Crippen molar-refractivity contribution in [3.05, 3.63) is 12.4 Å². The van der Waals surface area contributed by atoms with Crippen LogP contribution in [0.4, 0.5) is 5.82 Å². The first kappa shape index (κ1) is 16.0. The Labute approximate surface area is 136 Å². The minimum atomic E-state index is -0.00713. The molecule has 1 aromatic rings. The number of aromatic nitrogens is 2. The Bertz CT molecular complexity index is 534. The first-order valence-electron chi connectivity index (χ1n) is 8.36. The maximum absolute atomic E-state index is 12.0. The van der Waals surface area contributed by atoms with E-state index in [1.807, 2.05) is 11.8 Å². The van der Waals surface area contributed by atoms with Gasteiger partial charge in [0.2, 0.25) is 5.91 Å². The van der Waals surface area contributed by atoms with Gasteiger partial charge in [-0.2, -0.15) is 0 Å². The molecule has 0 bridgehead atoms. The summed E-state index contributed by atoms with van der Waals surface area (Å²) in [6.45, 7) is 6.39. The van der Waals surface area contributed by atoms with Crippen molar-refractivity contribution in [3.63, 3.8) is 0 Å². The smallest absolute Gasteiger partial charge is 0.257 e. The number of ether oxygens (including phenoxy) is 2. The van der Waals surface area contributed by atoms with Crippen molar-refractivity contribution >= 4 is 11.7 Å². The lowest BCUT2D eigenvalue weighted by atomic mass is 10.3. The van der Waals surface area contributed by atoms with Crippen LogP contribution in [0.25, 0.3) is 0 Å². The van der Waals surface area contributed by atoms with Crippen LogP contribution in [0.2, 0.25) is 0 Å². The molecule has 3 heterocycles. The fourth-order valence-corrected chi connectivity index (χ4v) is 2.97. The van der Waals surface area contributed by atoms with Gasteiger partial charge in [0.05, 0.1) is 19.8 Å². The topological polar surface area (TPSA) is 67.8 Å². The standard InChI is InChI=1S/C16H24N4O3/c1-2-3-14(21)20-7-4-13(12-20)23-16-15(17-5-6-18-16)19-8-10-22-11-9-19/h5-6,13H,2-4,7-12H2,1H3. The molecule has 0 saturated carbocycles. The van der Waals surface area contributed by atoms with E-state index >= 15 is 0 Å². The van der Waals surface area contributed by atoms with Crippen LogP contribution in [0.3, 0.4) is 0 Å². The van der Waals surface area contributed by atoms with E-state index in [2.05, 4.69) is 14.9 Å². The summed E-state index contributed by atoms with van der Waals surface area (Å²) in [5.74, 6) is 1.55. The van der Waals surface area contributed by atoms with Crippen molar-refractivity contribution in [2.45, 2.75) is 32.3 Å². The van der Waals surface area contributed by atoms with Crippen molar-refractivity contribution in [3.8, 4) is 5.88 Å². The largest absolute Gasteiger partial charge is 0.470 e. The molecule has 23 heavy (non-hydrogen) atoms. The monoisotopic (exact) mass is 320 g/mol. The Kier molecular flexibility index (Phi) is 5.27. The molecule has 0 aromatic carbocycles. The van der Waals surface area contributed by atoms with Gasteiger partial charge in [-0.3, -0.25) is 4.79 Å². The van der Waals surface area contributed by atoms with E-state index in [9.17, 15) is 4.79 Å². The summed E-state index contributed by atoms with van der Waals surface area (Å²) in [6, 6.07) is 0. The Balaban J connectivity index is 1.63. The second-order valence-electron chi connectivity index (χ2n) is 5.90. The van der Waals surface area contributed by atoms with E-state index in [4.69, 9.17) is 9.47 Å². The highest BCUT2D eigenvalue weighted by atomic mass is 16.5. The maximum atomic E-state index is 12.0. The van der Waals surface area contributed by atoms with E-state index in [0.29, 0.717) is 32.1 Å². The van der Waals surface area contributed by atoms with Crippen LogP contribution in [0.15, 0.2) is 12.4 Å². The van der Waals surface area contributed by atoms with Gasteiger partial charge in [-0.1, -0.05) is 6.92 Å². The molecule has 2 fully saturated rings. The van der Waals surface area contributed by atoms with Gasteiger partial charge < -0.3 is 19.3 Å². The highest BCUT2D eigenvalue weighted by Gasteiger charge is 2.29. The molecule has 7 heteroatoms. The van der Waals surface area contributed by atoms with Crippen LogP contribution in [-0.4, -0.2) is 66.3 Å². The van der Waals surface area contributed by atoms with Crippen molar-refractivity contribution in [2.24, 2.45) is 0 Å². The maximum Gasteiger partial charge on any atom is 0.257 e. The molecule has 7 nitrogen and oxygen atoms in total. The fourth-order valence-electron chi connectivity index (χ4n) is 2.97. The van der Waals surface area contributed by atoms with E-state index in [-0.39, 0.29) is 12.0 Å². The number of likely N-dealkylation sites (tertiary alicyclic amines) is 1. The average molecular weight is 320 g/mol. The number of carbonyl (C=O) groups is 1. The Morgan fingerprint density at radius 2 is 2.09 bits per heavy atom. The molecule has 2 saturated heterocycles. The van der Waals surface area contributed by atoms with E-state index < -0.39 is 0 Å². The summed E-state index contributed by atoms with van der Waals surface area (Å²) in [7, 11) is 0. The second kappa shape index (κ2) is 7.59. The second-order valence-corrected chi connectivity index (χ2v) is 5.90. The first-order valence-corrected chi connectivity index (χ1v) is 8.36. The number of carbonyl (C=O) groups excluding carboxylic acids is 1. The van der Waals surface area contributed by atoms with Gasteiger partial charge in [-0.15, -0.1) is 0 Å². The number of rotatable bonds is 5. The summed E-state index contributed by atoms with van der Waals surface area (Å²) < 4.78 is 11.5. The van der Waals surface area contributed by atoms with Crippen molar-refractivity contribution < 1.29 is 14.3 Å². The summed E-state index contributed by atoms with van der Waals surface area (Å²) in [6.07, 6.45) is 5.65. The third-order valence-electron chi connectivity index (χ3n) is 4.20. The normalized spacial score (nSPS) is 21.5. The lowest BCUT2D eigenvalue weighted by Crippen LogP contribution is -2.37. The van der Waals surface area contributed by atoms with Crippen LogP contribution < -0.4 is 9.64 Å². The fraction of sp³-hybridized carbons (Fsp3) is 0.688. The molecular formula is C16H24N4O3. The minimum absolute atomic E-state index is 0.00713. The van der Waals surface area contributed by atoms with Crippen LogP contribution >= 0.6 is 0 Å². The molecule has 2 aliphatic rings. The Morgan fingerprint density at radius 1 is 1.30 bits per heavy atom. The molecule has 1 atom stereocenters. The quantitative estimate of drug-likeness (QED) is 0.809. The van der Waals surface area contributed by atoms with Crippen LogP contribution in [0.1, 0.15) is 26.2 Å². The predicted molar refractivity (Wildman–Crippen MR) is 85.6 cm³/mol. The molecule has 1 aromatic heterocycles. The van der Waals surface area contributed by atoms with Gasteiger partial charge in [0, 0.05) is 44.9 Å². The molecule has 0 N–H and O–H groups in total. The van der Waals surface area contributed by atoms with E-state index in [1.54, 1.807) is 12.4 Å². The zero-order valence-corrected chi connectivity index (χ0v) is 13.6. The highest BCUT2D eigenvalue weighted by Crippen LogP contribution is 2.26. The molecule has 0 radical (unpaired) electrons. The summed E-state index contributed by atoms with van der Waals surface area (Å²) in [4.78, 5) is 24.8. The number of nitrogens with zero attached hydrogens (tertiary/aromatic N) is 4. The number of hydrogen-bond acceptors (Lipinski definition) is 6. The van der Waals surface area contributed by atoms with E-state index in [0.717, 1.165) is 38.3 Å². The third-order valence-corrected chi connectivity index (χ3v) is 4.20. The van der Waals surface area contributed by atoms with Gasteiger partial charge in [-0.05, 0) is 6.42 Å². The third kappa shape index (κ3) is 3.90. The lowest BCUT2D eigenvalue weighted by molar-refractivity contribution is -0.130. The van der Waals surface area contributed by atoms with Crippen LogP contribution in [0.5, 0.6) is 5.88 Å². The molecule has 0 aliphatic carbocycles. The molecule has 0 spiro atoms. The number of amides is 1. The molecule has 2 aliphatic heterocycles. The highest BCUT2D eigenvalue weighted by molar-refractivity contribution is 5.76. The van der Waals surface area contributed by atoms with Crippen molar-refractivity contribution in [1.29, 1.82) is 0 Å². The summed E-state index contributed by atoms with van der Waals surface area (Å²) in [5.41, 5.74) is 0. The zero-order chi connectivity index (χ0) is 16.1. The molecular weight excluding hydrogens is 296 g/mol. The number of anilines is 1. The van der Waals surface area contributed by atoms with Crippen molar-refractivity contribution in [2.75, 3.05) is 44.3 Å². The summed E-state index contributed by atoms with van der Waals surface area (Å²) >= 11 is 0. The lowest BCUT2D eigenvalue weighted by Gasteiger charge is -2.29. The van der Waals surface area contributed by atoms with E-state index in [1.165, 1.54) is 0 Å². The minimum Gasteiger partial charge on any atom is -0.470 e. The molecule has 1 unspecified atom stereocenters. The zero-order valence-electron chi connectivity index (χ0n) is 13.6.